The molecule has 0 unspecified atom stereocenters. The Morgan fingerprint density at radius 3 is 2.58 bits per heavy atom. The monoisotopic (exact) mass is 165 g/mol. The van der Waals surface area contributed by atoms with Crippen LogP contribution in [-0.4, -0.2) is 4.57 Å². The van der Waals surface area contributed by atoms with Gasteiger partial charge in [-0.25, -0.2) is 0 Å². The average Bonchev–Trinajstić information content (AvgIpc) is 2.04. The van der Waals surface area contributed by atoms with E-state index in [1.165, 1.54) is 0 Å². The first-order valence-electron chi connectivity index (χ1n) is 4.35. The van der Waals surface area contributed by atoms with Crippen LogP contribution in [0, 0.1) is 0 Å². The first-order chi connectivity index (χ1) is 5.65. The molecule has 0 aliphatic heterocycles. The third-order valence-corrected chi connectivity index (χ3v) is 2.03. The molecule has 0 radical (unpaired) electrons. The van der Waals surface area contributed by atoms with Gasteiger partial charge in [-0.15, -0.1) is 0 Å². The maximum atomic E-state index is 11.3. The fourth-order valence-electron chi connectivity index (χ4n) is 1.14. The summed E-state index contributed by atoms with van der Waals surface area (Å²) in [6.07, 6.45) is 1.86. The van der Waals surface area contributed by atoms with Gasteiger partial charge >= 0.3 is 0 Å². The molecule has 0 bridgehead atoms. The first kappa shape index (κ1) is 9.04. The van der Waals surface area contributed by atoms with Gasteiger partial charge in [-0.2, -0.15) is 0 Å². The molecular formula is C10H15NO. The molecule has 0 atom stereocenters. The van der Waals surface area contributed by atoms with E-state index in [2.05, 4.69) is 13.8 Å². The molecule has 1 heterocycles. The Bertz CT molecular complexity index is 312. The Labute approximate surface area is 72.8 Å². The van der Waals surface area contributed by atoms with E-state index in [1.54, 1.807) is 10.6 Å². The molecule has 2 heteroatoms. The Kier molecular flexibility index (Phi) is 2.69. The minimum atomic E-state index is 0.101. The number of hydrogen-bond donors (Lipinski definition) is 0. The van der Waals surface area contributed by atoms with Crippen molar-refractivity contribution in [2.24, 2.45) is 0 Å². The third kappa shape index (κ3) is 1.76. The van der Waals surface area contributed by atoms with E-state index in [1.807, 2.05) is 19.2 Å². The first-order valence-corrected chi connectivity index (χ1v) is 4.35. The molecule has 0 spiro atoms. The molecule has 1 rings (SSSR count). The van der Waals surface area contributed by atoms with Crippen molar-refractivity contribution in [3.8, 4) is 0 Å². The van der Waals surface area contributed by atoms with Crippen LogP contribution < -0.4 is 5.56 Å². The molecule has 0 aliphatic rings. The lowest BCUT2D eigenvalue weighted by molar-refractivity contribution is 0.717. The Balaban J connectivity index is 3.11. The summed E-state index contributed by atoms with van der Waals surface area (Å²) < 4.78 is 1.70. The van der Waals surface area contributed by atoms with Gasteiger partial charge in [0.2, 0.25) is 0 Å². The van der Waals surface area contributed by atoms with Crippen molar-refractivity contribution in [2.45, 2.75) is 33.2 Å². The van der Waals surface area contributed by atoms with Crippen molar-refractivity contribution in [1.29, 1.82) is 0 Å². The number of aryl methyl sites for hydroxylation is 1. The lowest BCUT2D eigenvalue weighted by Gasteiger charge is -2.06. The van der Waals surface area contributed by atoms with Gasteiger partial charge in [0.15, 0.2) is 0 Å². The van der Waals surface area contributed by atoms with E-state index in [9.17, 15) is 4.79 Å². The molecule has 0 N–H and O–H groups in total. The van der Waals surface area contributed by atoms with Crippen molar-refractivity contribution in [2.75, 3.05) is 0 Å². The minimum Gasteiger partial charge on any atom is -0.316 e. The summed E-state index contributed by atoms with van der Waals surface area (Å²) in [5, 5.41) is 0. The van der Waals surface area contributed by atoms with Gasteiger partial charge in [-0.05, 0) is 24.5 Å². The molecule has 0 aromatic carbocycles. The molecule has 1 aromatic rings. The highest BCUT2D eigenvalue weighted by Gasteiger charge is 2.00. The number of nitrogens with zero attached hydrogens (tertiary/aromatic N) is 1. The van der Waals surface area contributed by atoms with Gasteiger partial charge in [0, 0.05) is 18.8 Å². The Morgan fingerprint density at radius 1 is 1.50 bits per heavy atom. The molecule has 0 saturated carbocycles. The maximum absolute atomic E-state index is 11.3. The molecule has 0 amide bonds. The molecule has 1 aromatic heterocycles. The number of aromatic nitrogens is 1. The maximum Gasteiger partial charge on any atom is 0.250 e. The van der Waals surface area contributed by atoms with Gasteiger partial charge in [-0.1, -0.05) is 13.8 Å². The zero-order chi connectivity index (χ0) is 9.14. The smallest absolute Gasteiger partial charge is 0.250 e. The molecule has 0 fully saturated rings. The van der Waals surface area contributed by atoms with Crippen molar-refractivity contribution in [3.05, 3.63) is 34.2 Å². The summed E-state index contributed by atoms with van der Waals surface area (Å²) in [6, 6.07) is 3.73. The standard InChI is InChI=1S/C10H15NO/c1-4-11-6-5-9(8(2)3)7-10(11)12/h5-8H,4H2,1-3H3. The van der Waals surface area contributed by atoms with Gasteiger partial charge in [-0.3, -0.25) is 4.79 Å². The van der Waals surface area contributed by atoms with Crippen molar-refractivity contribution >= 4 is 0 Å². The van der Waals surface area contributed by atoms with Gasteiger partial charge < -0.3 is 4.57 Å². The summed E-state index contributed by atoms with van der Waals surface area (Å²) in [4.78, 5) is 11.3. The summed E-state index contributed by atoms with van der Waals surface area (Å²) in [5.74, 6) is 0.434. The molecule has 12 heavy (non-hydrogen) atoms. The number of rotatable bonds is 2. The lowest BCUT2D eigenvalue weighted by Crippen LogP contribution is -2.18. The predicted octanol–water partition coefficient (Wildman–Crippen LogP) is 1.99. The fraction of sp³-hybridized carbons (Fsp3) is 0.500. The second-order valence-electron chi connectivity index (χ2n) is 3.24. The van der Waals surface area contributed by atoms with Crippen LogP contribution in [0.3, 0.4) is 0 Å². The van der Waals surface area contributed by atoms with Crippen LogP contribution in [0.4, 0.5) is 0 Å². The van der Waals surface area contributed by atoms with Crippen LogP contribution in [0.5, 0.6) is 0 Å². The second kappa shape index (κ2) is 3.57. The molecule has 66 valence electrons. The second-order valence-corrected chi connectivity index (χ2v) is 3.24. The number of pyridine rings is 1. The van der Waals surface area contributed by atoms with Gasteiger partial charge in [0.1, 0.15) is 0 Å². The van der Waals surface area contributed by atoms with E-state index in [-0.39, 0.29) is 5.56 Å². The lowest BCUT2D eigenvalue weighted by atomic mass is 10.1. The van der Waals surface area contributed by atoms with Crippen LogP contribution >= 0.6 is 0 Å². The topological polar surface area (TPSA) is 22.0 Å². The molecule has 0 saturated heterocycles. The van der Waals surface area contributed by atoms with Crippen LogP contribution in [0.2, 0.25) is 0 Å². The van der Waals surface area contributed by atoms with E-state index in [0.29, 0.717) is 5.92 Å². The van der Waals surface area contributed by atoms with Crippen LogP contribution in [-0.2, 0) is 6.54 Å². The summed E-state index contributed by atoms with van der Waals surface area (Å²) in [7, 11) is 0. The highest BCUT2D eigenvalue weighted by Crippen LogP contribution is 2.10. The summed E-state index contributed by atoms with van der Waals surface area (Å²) in [5.41, 5.74) is 1.22. The minimum absolute atomic E-state index is 0.101. The van der Waals surface area contributed by atoms with Crippen LogP contribution in [0.15, 0.2) is 23.1 Å². The van der Waals surface area contributed by atoms with Crippen molar-refractivity contribution < 1.29 is 0 Å². The molecule has 2 nitrogen and oxygen atoms in total. The van der Waals surface area contributed by atoms with Crippen LogP contribution in [0.25, 0.3) is 0 Å². The quantitative estimate of drug-likeness (QED) is 0.657. The average molecular weight is 165 g/mol. The SMILES string of the molecule is CCn1ccc(C(C)C)cc1=O. The Hall–Kier alpha value is -1.05. The van der Waals surface area contributed by atoms with E-state index < -0.39 is 0 Å². The highest BCUT2D eigenvalue weighted by atomic mass is 16.1. The predicted molar refractivity (Wildman–Crippen MR) is 50.5 cm³/mol. The van der Waals surface area contributed by atoms with E-state index in [0.717, 1.165) is 12.1 Å². The van der Waals surface area contributed by atoms with E-state index >= 15 is 0 Å². The zero-order valence-corrected chi connectivity index (χ0v) is 7.87. The van der Waals surface area contributed by atoms with Crippen LogP contribution in [0.1, 0.15) is 32.3 Å². The van der Waals surface area contributed by atoms with Gasteiger partial charge in [0.25, 0.3) is 5.56 Å². The largest absolute Gasteiger partial charge is 0.316 e. The Morgan fingerprint density at radius 2 is 2.17 bits per heavy atom. The van der Waals surface area contributed by atoms with E-state index in [4.69, 9.17) is 0 Å². The number of hydrogen-bond acceptors (Lipinski definition) is 1. The summed E-state index contributed by atoms with van der Waals surface area (Å²) >= 11 is 0. The molecule has 0 aliphatic carbocycles. The van der Waals surface area contributed by atoms with Gasteiger partial charge in [0.05, 0.1) is 0 Å². The third-order valence-electron chi connectivity index (χ3n) is 2.03. The van der Waals surface area contributed by atoms with Crippen molar-refractivity contribution in [3.63, 3.8) is 0 Å². The van der Waals surface area contributed by atoms with Crippen molar-refractivity contribution in [1.82, 2.24) is 4.57 Å². The summed E-state index contributed by atoms with van der Waals surface area (Å²) in [6.45, 7) is 6.89. The normalized spacial score (nSPS) is 10.7. The zero-order valence-electron chi connectivity index (χ0n) is 7.87. The fourth-order valence-corrected chi connectivity index (χ4v) is 1.14. The molecular weight excluding hydrogens is 150 g/mol. The highest BCUT2D eigenvalue weighted by molar-refractivity contribution is 5.14.